The number of nitrogens with zero attached hydrogens (tertiary/aromatic N) is 4. The second-order valence-corrected chi connectivity index (χ2v) is 8.63. The lowest BCUT2D eigenvalue weighted by Crippen LogP contribution is -2.19. The monoisotopic (exact) mass is 471 g/mol. The van der Waals surface area contributed by atoms with Crippen molar-refractivity contribution in [1.82, 2.24) is 20.2 Å². The lowest BCUT2D eigenvalue weighted by Gasteiger charge is -2.05. The summed E-state index contributed by atoms with van der Waals surface area (Å²) in [5, 5.41) is 13.1. The summed E-state index contributed by atoms with van der Waals surface area (Å²) in [7, 11) is 1.89. The first-order valence-electron chi connectivity index (χ1n) is 9.14. The molecule has 29 heavy (non-hydrogen) atoms. The average molecular weight is 472 g/mol. The molecule has 3 rings (SSSR count). The number of halogens is 1. The van der Waals surface area contributed by atoms with Crippen LogP contribution in [0.3, 0.4) is 0 Å². The van der Waals surface area contributed by atoms with Crippen LogP contribution in [-0.4, -0.2) is 32.6 Å². The molecule has 0 unspecified atom stereocenters. The highest BCUT2D eigenvalue weighted by Gasteiger charge is 2.12. The average Bonchev–Trinajstić information content (AvgIpc) is 3.08. The number of amides is 1. The van der Waals surface area contributed by atoms with E-state index < -0.39 is 0 Å². The van der Waals surface area contributed by atoms with Crippen molar-refractivity contribution in [2.75, 3.05) is 5.75 Å². The van der Waals surface area contributed by atoms with E-state index in [2.05, 4.69) is 62.6 Å². The van der Waals surface area contributed by atoms with Crippen LogP contribution in [0.25, 0.3) is 11.4 Å². The molecule has 6 nitrogen and oxygen atoms in total. The van der Waals surface area contributed by atoms with Crippen LogP contribution in [-0.2, 0) is 11.8 Å². The normalized spacial score (nSPS) is 11.3. The van der Waals surface area contributed by atoms with Crippen LogP contribution in [0.4, 0.5) is 0 Å². The van der Waals surface area contributed by atoms with Crippen molar-refractivity contribution in [2.45, 2.75) is 24.9 Å². The number of hydrogen-bond acceptors (Lipinski definition) is 5. The standard InChI is InChI=1S/C21H22BrN5OS/c1-14(2)16-6-4-15(5-7-16)12-23-24-19(28)13-29-21-26-25-20(27(21)3)17-8-10-18(22)11-9-17/h4-12,14H,13H2,1-3H3,(H,24,28)/b23-12+. The van der Waals surface area contributed by atoms with Crippen LogP contribution in [0.1, 0.15) is 30.9 Å². The number of nitrogens with one attached hydrogen (secondary N) is 1. The van der Waals surface area contributed by atoms with Crippen LogP contribution in [0.5, 0.6) is 0 Å². The number of benzene rings is 2. The molecule has 150 valence electrons. The van der Waals surface area contributed by atoms with Crippen molar-refractivity contribution in [1.29, 1.82) is 0 Å². The van der Waals surface area contributed by atoms with Gasteiger partial charge in [-0.3, -0.25) is 4.79 Å². The zero-order valence-electron chi connectivity index (χ0n) is 16.5. The Labute approximate surface area is 182 Å². The quantitative estimate of drug-likeness (QED) is 0.310. The van der Waals surface area contributed by atoms with E-state index in [4.69, 9.17) is 0 Å². The van der Waals surface area contributed by atoms with Crippen LogP contribution in [0, 0.1) is 0 Å². The zero-order chi connectivity index (χ0) is 20.8. The fraction of sp³-hybridized carbons (Fsp3) is 0.238. The number of rotatable bonds is 7. The van der Waals surface area contributed by atoms with E-state index in [0.717, 1.165) is 21.4 Å². The summed E-state index contributed by atoms with van der Waals surface area (Å²) in [4.78, 5) is 12.1. The fourth-order valence-corrected chi connectivity index (χ4v) is 3.57. The molecule has 0 aliphatic heterocycles. The van der Waals surface area contributed by atoms with E-state index in [1.54, 1.807) is 6.21 Å². The molecule has 0 aliphatic carbocycles. The third-order valence-electron chi connectivity index (χ3n) is 4.28. The lowest BCUT2D eigenvalue weighted by atomic mass is 10.0. The van der Waals surface area contributed by atoms with Crippen molar-refractivity contribution in [2.24, 2.45) is 12.1 Å². The minimum Gasteiger partial charge on any atom is -0.305 e. The van der Waals surface area contributed by atoms with Gasteiger partial charge in [-0.05, 0) is 29.2 Å². The predicted octanol–water partition coefficient (Wildman–Crippen LogP) is 4.61. The van der Waals surface area contributed by atoms with Gasteiger partial charge in [0.05, 0.1) is 12.0 Å². The van der Waals surface area contributed by atoms with Crippen LogP contribution >= 0.6 is 27.7 Å². The number of aromatic nitrogens is 3. The van der Waals surface area contributed by atoms with Gasteiger partial charge in [-0.1, -0.05) is 77.9 Å². The molecule has 0 atom stereocenters. The van der Waals surface area contributed by atoms with E-state index in [-0.39, 0.29) is 11.7 Å². The molecule has 0 fully saturated rings. The molecule has 8 heteroatoms. The second-order valence-electron chi connectivity index (χ2n) is 6.78. The van der Waals surface area contributed by atoms with Crippen molar-refractivity contribution >= 4 is 39.8 Å². The summed E-state index contributed by atoms with van der Waals surface area (Å²) in [6.07, 6.45) is 1.64. The number of hydrogen-bond donors (Lipinski definition) is 1. The van der Waals surface area contributed by atoms with Crippen molar-refractivity contribution in [3.8, 4) is 11.4 Å². The zero-order valence-corrected chi connectivity index (χ0v) is 18.9. The Hall–Kier alpha value is -2.45. The maximum atomic E-state index is 12.1. The van der Waals surface area contributed by atoms with E-state index in [1.807, 2.05) is 48.0 Å². The Balaban J connectivity index is 1.52. The molecule has 3 aromatic rings. The second kappa shape index (κ2) is 9.84. The summed E-state index contributed by atoms with van der Waals surface area (Å²) in [5.74, 6) is 1.25. The highest BCUT2D eigenvalue weighted by atomic mass is 79.9. The smallest absolute Gasteiger partial charge is 0.250 e. The summed E-state index contributed by atoms with van der Waals surface area (Å²) in [6, 6.07) is 16.0. The minimum atomic E-state index is -0.196. The Kier molecular flexibility index (Phi) is 7.22. The SMILES string of the molecule is CC(C)c1ccc(/C=N/NC(=O)CSc2nnc(-c3ccc(Br)cc3)n2C)cc1. The number of carbonyl (C=O) groups is 1. The molecule has 0 bridgehead atoms. The molecule has 0 saturated heterocycles. The molecule has 0 spiro atoms. The van der Waals surface area contributed by atoms with Gasteiger partial charge >= 0.3 is 0 Å². The summed E-state index contributed by atoms with van der Waals surface area (Å²) in [5.41, 5.74) is 5.73. The highest BCUT2D eigenvalue weighted by Crippen LogP contribution is 2.23. The number of hydrazone groups is 1. The van der Waals surface area contributed by atoms with E-state index in [1.165, 1.54) is 17.3 Å². The molecular formula is C21H22BrN5OS. The minimum absolute atomic E-state index is 0.196. The topological polar surface area (TPSA) is 72.2 Å². The predicted molar refractivity (Wildman–Crippen MR) is 121 cm³/mol. The van der Waals surface area contributed by atoms with Gasteiger partial charge in [0.1, 0.15) is 0 Å². The largest absolute Gasteiger partial charge is 0.305 e. The van der Waals surface area contributed by atoms with Gasteiger partial charge < -0.3 is 4.57 Å². The molecule has 1 aromatic heterocycles. The van der Waals surface area contributed by atoms with Gasteiger partial charge in [0.25, 0.3) is 5.91 Å². The maximum absolute atomic E-state index is 12.1. The number of thioether (sulfide) groups is 1. The summed E-state index contributed by atoms with van der Waals surface area (Å²) in [6.45, 7) is 4.31. The summed E-state index contributed by atoms with van der Waals surface area (Å²) < 4.78 is 2.88. The van der Waals surface area contributed by atoms with Gasteiger partial charge in [0.2, 0.25) is 0 Å². The van der Waals surface area contributed by atoms with E-state index >= 15 is 0 Å². The maximum Gasteiger partial charge on any atom is 0.250 e. The van der Waals surface area contributed by atoms with Crippen molar-refractivity contribution in [3.05, 3.63) is 64.1 Å². The third-order valence-corrected chi connectivity index (χ3v) is 5.82. The van der Waals surface area contributed by atoms with Crippen LogP contribution < -0.4 is 5.43 Å². The van der Waals surface area contributed by atoms with Gasteiger partial charge in [-0.15, -0.1) is 10.2 Å². The molecular weight excluding hydrogens is 450 g/mol. The molecule has 0 aliphatic rings. The van der Waals surface area contributed by atoms with E-state index in [9.17, 15) is 4.79 Å². The van der Waals surface area contributed by atoms with E-state index in [0.29, 0.717) is 11.1 Å². The van der Waals surface area contributed by atoms with Gasteiger partial charge in [-0.2, -0.15) is 5.10 Å². The Morgan fingerprint density at radius 3 is 2.52 bits per heavy atom. The first kappa shape index (κ1) is 21.3. The first-order valence-corrected chi connectivity index (χ1v) is 10.9. The van der Waals surface area contributed by atoms with Crippen LogP contribution in [0.2, 0.25) is 0 Å². The Bertz CT molecular complexity index is 997. The molecule has 0 radical (unpaired) electrons. The Morgan fingerprint density at radius 1 is 1.17 bits per heavy atom. The molecule has 1 N–H and O–H groups in total. The Morgan fingerprint density at radius 2 is 1.86 bits per heavy atom. The molecule has 1 heterocycles. The first-order chi connectivity index (χ1) is 13.9. The molecule has 0 saturated carbocycles. The summed E-state index contributed by atoms with van der Waals surface area (Å²) >= 11 is 4.74. The van der Waals surface area contributed by atoms with Gasteiger partial charge in [0, 0.05) is 17.1 Å². The van der Waals surface area contributed by atoms with Crippen LogP contribution in [0.15, 0.2) is 63.3 Å². The lowest BCUT2D eigenvalue weighted by molar-refractivity contribution is -0.118. The fourth-order valence-electron chi connectivity index (χ4n) is 2.60. The van der Waals surface area contributed by atoms with Crippen molar-refractivity contribution in [3.63, 3.8) is 0 Å². The number of carbonyl (C=O) groups excluding carboxylic acids is 1. The van der Waals surface area contributed by atoms with Crippen molar-refractivity contribution < 1.29 is 4.79 Å². The highest BCUT2D eigenvalue weighted by molar-refractivity contribution is 9.10. The molecule has 2 aromatic carbocycles. The molecule has 1 amide bonds. The third kappa shape index (κ3) is 5.77. The van der Waals surface area contributed by atoms with Gasteiger partial charge in [0.15, 0.2) is 11.0 Å². The van der Waals surface area contributed by atoms with Gasteiger partial charge in [-0.25, -0.2) is 5.43 Å².